The molecule has 1 aliphatic rings. The molecule has 1 saturated heterocycles. The van der Waals surface area contributed by atoms with Gasteiger partial charge < -0.3 is 15.2 Å². The monoisotopic (exact) mass is 329 g/mol. The van der Waals surface area contributed by atoms with E-state index in [2.05, 4.69) is 15.1 Å². The molecule has 7 heteroatoms. The van der Waals surface area contributed by atoms with Crippen LogP contribution in [-0.2, 0) is 4.79 Å². The lowest BCUT2D eigenvalue weighted by Crippen LogP contribution is -2.46. The topological polar surface area (TPSA) is 98.1 Å². The number of rotatable bonds is 5. The lowest BCUT2D eigenvalue weighted by atomic mass is 9.96. The molecule has 24 heavy (non-hydrogen) atoms. The van der Waals surface area contributed by atoms with Gasteiger partial charge >= 0.3 is 0 Å². The third-order valence-corrected chi connectivity index (χ3v) is 4.41. The number of pyridine rings is 1. The van der Waals surface area contributed by atoms with Gasteiger partial charge in [0.2, 0.25) is 17.6 Å². The summed E-state index contributed by atoms with van der Waals surface area (Å²) >= 11 is 0. The van der Waals surface area contributed by atoms with E-state index >= 15 is 0 Å². The molecule has 3 rings (SSSR count). The molecule has 1 unspecified atom stereocenters. The molecule has 2 aromatic rings. The molecule has 1 aliphatic heterocycles. The number of aromatic nitrogens is 3. The van der Waals surface area contributed by atoms with Gasteiger partial charge in [0.25, 0.3) is 0 Å². The van der Waals surface area contributed by atoms with Gasteiger partial charge in [-0.3, -0.25) is 9.78 Å². The number of piperidine rings is 1. The largest absolute Gasteiger partial charge is 0.341 e. The number of hydrogen-bond donors (Lipinski definition) is 1. The van der Waals surface area contributed by atoms with Crippen molar-refractivity contribution in [3.8, 4) is 11.5 Å². The molecular formula is C17H23N5O2. The molecule has 1 fully saturated rings. The Morgan fingerprint density at radius 2 is 2.21 bits per heavy atom. The van der Waals surface area contributed by atoms with Crippen molar-refractivity contribution in [1.82, 2.24) is 20.0 Å². The van der Waals surface area contributed by atoms with Gasteiger partial charge in [-0.15, -0.1) is 0 Å². The number of nitrogens with zero attached hydrogens (tertiary/aromatic N) is 4. The molecule has 0 saturated carbocycles. The number of carbonyl (C=O) groups is 1. The molecule has 7 nitrogen and oxygen atoms in total. The summed E-state index contributed by atoms with van der Waals surface area (Å²) in [7, 11) is 0. The summed E-state index contributed by atoms with van der Waals surface area (Å²) in [6, 6.07) is 5.21. The molecule has 0 aliphatic carbocycles. The highest BCUT2D eigenvalue weighted by molar-refractivity contribution is 5.81. The summed E-state index contributed by atoms with van der Waals surface area (Å²) in [6.45, 7) is 3.40. The van der Waals surface area contributed by atoms with Crippen molar-refractivity contribution in [2.24, 2.45) is 5.73 Å². The van der Waals surface area contributed by atoms with Crippen molar-refractivity contribution >= 4 is 5.91 Å². The first-order valence-electron chi connectivity index (χ1n) is 8.48. The summed E-state index contributed by atoms with van der Waals surface area (Å²) in [5.41, 5.74) is 6.63. The molecule has 0 aromatic carbocycles. The molecule has 0 spiro atoms. The normalized spacial score (nSPS) is 17.0. The Kier molecular flexibility index (Phi) is 5.20. The van der Waals surface area contributed by atoms with Crippen LogP contribution in [-0.4, -0.2) is 45.1 Å². The fourth-order valence-corrected chi connectivity index (χ4v) is 3.02. The van der Waals surface area contributed by atoms with E-state index in [0.717, 1.165) is 25.7 Å². The molecule has 3 heterocycles. The molecule has 1 atom stereocenters. The Morgan fingerprint density at radius 1 is 1.42 bits per heavy atom. The second-order valence-corrected chi connectivity index (χ2v) is 6.17. The van der Waals surface area contributed by atoms with Crippen LogP contribution < -0.4 is 5.73 Å². The van der Waals surface area contributed by atoms with Gasteiger partial charge in [-0.2, -0.15) is 4.98 Å². The number of hydrogen-bond acceptors (Lipinski definition) is 6. The molecule has 0 bridgehead atoms. The van der Waals surface area contributed by atoms with E-state index in [-0.39, 0.29) is 17.9 Å². The van der Waals surface area contributed by atoms with Crippen LogP contribution in [0.5, 0.6) is 0 Å². The van der Waals surface area contributed by atoms with E-state index in [9.17, 15) is 4.79 Å². The third kappa shape index (κ3) is 3.62. The predicted molar refractivity (Wildman–Crippen MR) is 89.0 cm³/mol. The maximum absolute atomic E-state index is 12.3. The van der Waals surface area contributed by atoms with Crippen LogP contribution in [0, 0.1) is 0 Å². The Labute approximate surface area is 141 Å². The standard InChI is InChI=1S/C17H23N5O2/c1-2-5-13(18)17(23)22-10-7-12(8-11-22)16-20-15(21-24-16)14-6-3-4-9-19-14/h3-4,6,9,12-13H,2,5,7-8,10-11,18H2,1H3. The Hall–Kier alpha value is -2.28. The summed E-state index contributed by atoms with van der Waals surface area (Å²) in [5.74, 6) is 1.37. The van der Waals surface area contributed by atoms with E-state index in [0.29, 0.717) is 30.5 Å². The molecule has 0 radical (unpaired) electrons. The fraction of sp³-hybridized carbons (Fsp3) is 0.529. The van der Waals surface area contributed by atoms with Crippen LogP contribution in [0.4, 0.5) is 0 Å². The number of likely N-dealkylation sites (tertiary alicyclic amines) is 1. The number of amides is 1. The van der Waals surface area contributed by atoms with Gasteiger partial charge in [0.15, 0.2) is 0 Å². The molecular weight excluding hydrogens is 306 g/mol. The van der Waals surface area contributed by atoms with Gasteiger partial charge in [0.05, 0.1) is 6.04 Å². The van der Waals surface area contributed by atoms with Crippen molar-refractivity contribution in [2.45, 2.75) is 44.6 Å². The quantitative estimate of drug-likeness (QED) is 0.900. The summed E-state index contributed by atoms with van der Waals surface area (Å²) in [4.78, 5) is 22.8. The van der Waals surface area contributed by atoms with Crippen LogP contribution >= 0.6 is 0 Å². The van der Waals surface area contributed by atoms with Crippen molar-refractivity contribution in [1.29, 1.82) is 0 Å². The first kappa shape index (κ1) is 16.6. The molecule has 128 valence electrons. The Morgan fingerprint density at radius 3 is 2.88 bits per heavy atom. The second-order valence-electron chi connectivity index (χ2n) is 6.17. The van der Waals surface area contributed by atoms with E-state index in [1.54, 1.807) is 6.20 Å². The van der Waals surface area contributed by atoms with Crippen LogP contribution in [0.2, 0.25) is 0 Å². The lowest BCUT2D eigenvalue weighted by molar-refractivity contribution is -0.133. The minimum Gasteiger partial charge on any atom is -0.341 e. The van der Waals surface area contributed by atoms with Crippen molar-refractivity contribution in [3.05, 3.63) is 30.3 Å². The van der Waals surface area contributed by atoms with Crippen LogP contribution in [0.3, 0.4) is 0 Å². The minimum atomic E-state index is -0.384. The predicted octanol–water partition coefficient (Wildman–Crippen LogP) is 1.97. The minimum absolute atomic E-state index is 0.0509. The summed E-state index contributed by atoms with van der Waals surface area (Å²) < 4.78 is 5.41. The van der Waals surface area contributed by atoms with Gasteiger partial charge in [0.1, 0.15) is 5.69 Å². The highest BCUT2D eigenvalue weighted by Crippen LogP contribution is 2.28. The van der Waals surface area contributed by atoms with Gasteiger partial charge in [-0.1, -0.05) is 24.6 Å². The average Bonchev–Trinajstić information content (AvgIpc) is 3.12. The van der Waals surface area contributed by atoms with E-state index in [1.165, 1.54) is 0 Å². The van der Waals surface area contributed by atoms with Crippen LogP contribution in [0.25, 0.3) is 11.5 Å². The van der Waals surface area contributed by atoms with Crippen molar-refractivity contribution in [2.75, 3.05) is 13.1 Å². The highest BCUT2D eigenvalue weighted by atomic mass is 16.5. The summed E-state index contributed by atoms with van der Waals surface area (Å²) in [6.07, 6.45) is 4.98. The average molecular weight is 329 g/mol. The first-order valence-corrected chi connectivity index (χ1v) is 8.48. The smallest absolute Gasteiger partial charge is 0.239 e. The zero-order chi connectivity index (χ0) is 16.9. The van der Waals surface area contributed by atoms with Crippen LogP contribution in [0.15, 0.2) is 28.9 Å². The second kappa shape index (κ2) is 7.53. The molecule has 2 N–H and O–H groups in total. The zero-order valence-corrected chi connectivity index (χ0v) is 13.9. The van der Waals surface area contributed by atoms with Crippen LogP contribution in [0.1, 0.15) is 44.4 Å². The molecule has 1 amide bonds. The lowest BCUT2D eigenvalue weighted by Gasteiger charge is -2.32. The first-order chi connectivity index (χ1) is 11.7. The van der Waals surface area contributed by atoms with E-state index in [4.69, 9.17) is 10.3 Å². The Bertz CT molecular complexity index is 665. The highest BCUT2D eigenvalue weighted by Gasteiger charge is 2.29. The zero-order valence-electron chi connectivity index (χ0n) is 13.9. The summed E-state index contributed by atoms with van der Waals surface area (Å²) in [5, 5.41) is 4.02. The molecule has 2 aromatic heterocycles. The van der Waals surface area contributed by atoms with Gasteiger partial charge in [0, 0.05) is 25.2 Å². The number of nitrogens with two attached hydrogens (primary N) is 1. The van der Waals surface area contributed by atoms with Gasteiger partial charge in [-0.25, -0.2) is 0 Å². The van der Waals surface area contributed by atoms with E-state index in [1.807, 2.05) is 30.0 Å². The number of carbonyl (C=O) groups excluding carboxylic acids is 1. The SMILES string of the molecule is CCCC(N)C(=O)N1CCC(c2nc(-c3ccccn3)no2)CC1. The van der Waals surface area contributed by atoms with E-state index < -0.39 is 0 Å². The fourth-order valence-electron chi connectivity index (χ4n) is 3.02. The Balaban J connectivity index is 1.59. The maximum atomic E-state index is 12.3. The van der Waals surface area contributed by atoms with Crippen molar-refractivity contribution < 1.29 is 9.32 Å². The van der Waals surface area contributed by atoms with Gasteiger partial charge in [-0.05, 0) is 31.4 Å². The third-order valence-electron chi connectivity index (χ3n) is 4.41. The van der Waals surface area contributed by atoms with Crippen molar-refractivity contribution in [3.63, 3.8) is 0 Å². The maximum Gasteiger partial charge on any atom is 0.239 e.